The third-order valence-corrected chi connectivity index (χ3v) is 3.83. The molecule has 7 nitrogen and oxygen atoms in total. The molecule has 0 saturated heterocycles. The van der Waals surface area contributed by atoms with Gasteiger partial charge in [-0.15, -0.1) is 16.4 Å². The highest BCUT2D eigenvalue weighted by Crippen LogP contribution is 2.17. The molecule has 0 unspecified atom stereocenters. The molecule has 0 N–H and O–H groups in total. The molecule has 0 fully saturated rings. The van der Waals surface area contributed by atoms with Gasteiger partial charge in [-0.05, 0) is 0 Å². The van der Waals surface area contributed by atoms with Crippen molar-refractivity contribution in [2.45, 2.75) is 4.34 Å². The van der Waals surface area contributed by atoms with Crippen molar-refractivity contribution in [3.63, 3.8) is 0 Å². The molecule has 0 aliphatic rings. The molecule has 2 amide bonds. The Kier molecular flexibility index (Phi) is 5.77. The van der Waals surface area contributed by atoms with E-state index < -0.39 is 12.1 Å². The fourth-order valence-electron chi connectivity index (χ4n) is 0.912. The number of urea groups is 1. The molecular formula is C10H14N4O3S2. The molecule has 1 heterocycles. The Morgan fingerprint density at radius 3 is 2.84 bits per heavy atom. The number of hydrogen-bond donors (Lipinski definition) is 0. The zero-order valence-electron chi connectivity index (χ0n) is 10.8. The van der Waals surface area contributed by atoms with Crippen molar-refractivity contribution in [1.29, 1.82) is 0 Å². The Balaban J connectivity index is 3.19. The van der Waals surface area contributed by atoms with Gasteiger partial charge in [0.1, 0.15) is 0 Å². The fraction of sp³-hybridized carbons (Fsp3) is 0.400. The number of methoxy groups -OCH3 is 1. The van der Waals surface area contributed by atoms with Gasteiger partial charge >= 0.3 is 12.1 Å². The Labute approximate surface area is 118 Å². The Bertz CT molecular complexity index is 547. The topological polar surface area (TPSA) is 76.8 Å². The van der Waals surface area contributed by atoms with Crippen molar-refractivity contribution in [2.24, 2.45) is 4.99 Å². The van der Waals surface area contributed by atoms with E-state index in [-0.39, 0.29) is 4.80 Å². The predicted octanol–water partition coefficient (Wildman–Crippen LogP) is 1.42. The van der Waals surface area contributed by atoms with Crippen LogP contribution >= 0.6 is 23.1 Å². The summed E-state index contributed by atoms with van der Waals surface area (Å²) in [5, 5.41) is 4.04. The van der Waals surface area contributed by atoms with Crippen LogP contribution < -0.4 is 4.80 Å². The summed E-state index contributed by atoms with van der Waals surface area (Å²) in [7, 11) is 4.38. The summed E-state index contributed by atoms with van der Waals surface area (Å²) in [4.78, 5) is 28.4. The summed E-state index contributed by atoms with van der Waals surface area (Å²) in [5.41, 5.74) is 0. The Hall–Kier alpha value is -1.61. The van der Waals surface area contributed by atoms with Crippen LogP contribution in [0.25, 0.3) is 0 Å². The van der Waals surface area contributed by atoms with Gasteiger partial charge in [-0.1, -0.05) is 29.2 Å². The van der Waals surface area contributed by atoms with Crippen LogP contribution in [0, 0.1) is 0 Å². The molecule has 1 rings (SSSR count). The molecule has 104 valence electrons. The van der Waals surface area contributed by atoms with Gasteiger partial charge in [0.05, 0.1) is 7.11 Å². The van der Waals surface area contributed by atoms with Gasteiger partial charge in [-0.2, -0.15) is 4.99 Å². The standard InChI is InChI=1S/C10H14N4O3S2/c1-5-6-18-9-12-14(10(16)17-4)8(19-9)11-7(15)13(2)3/h5H,1,6H2,2-4H3. The van der Waals surface area contributed by atoms with Gasteiger partial charge in [0.2, 0.25) is 4.80 Å². The SMILES string of the molecule is C=CCSc1nn(C(=O)OC)c(=NC(=O)N(C)C)s1. The fourth-order valence-corrected chi connectivity index (χ4v) is 2.58. The highest BCUT2D eigenvalue weighted by Gasteiger charge is 2.14. The van der Waals surface area contributed by atoms with Crippen molar-refractivity contribution in [3.05, 3.63) is 17.5 Å². The summed E-state index contributed by atoms with van der Waals surface area (Å²) in [6, 6.07) is -0.471. The van der Waals surface area contributed by atoms with Crippen LogP contribution in [0.1, 0.15) is 0 Å². The van der Waals surface area contributed by atoms with E-state index in [0.717, 1.165) is 16.0 Å². The monoisotopic (exact) mass is 302 g/mol. The summed E-state index contributed by atoms with van der Waals surface area (Å²) in [6.07, 6.45) is 1.03. The van der Waals surface area contributed by atoms with E-state index in [2.05, 4.69) is 21.4 Å². The van der Waals surface area contributed by atoms with E-state index in [0.29, 0.717) is 10.1 Å². The van der Waals surface area contributed by atoms with Crippen molar-refractivity contribution in [3.8, 4) is 0 Å². The van der Waals surface area contributed by atoms with Gasteiger partial charge < -0.3 is 9.64 Å². The third-order valence-electron chi connectivity index (χ3n) is 1.79. The summed E-state index contributed by atoms with van der Waals surface area (Å²) < 4.78 is 6.17. The summed E-state index contributed by atoms with van der Waals surface area (Å²) in [6.45, 7) is 3.60. The lowest BCUT2D eigenvalue weighted by atomic mass is 10.8. The molecule has 19 heavy (non-hydrogen) atoms. The third kappa shape index (κ3) is 4.21. The first-order chi connectivity index (χ1) is 8.99. The molecule has 0 aromatic carbocycles. The Morgan fingerprint density at radius 1 is 1.63 bits per heavy atom. The van der Waals surface area contributed by atoms with E-state index in [1.807, 2.05) is 0 Å². The highest BCUT2D eigenvalue weighted by molar-refractivity contribution is 8.01. The molecule has 1 aromatic heterocycles. The first-order valence-electron chi connectivity index (χ1n) is 5.17. The van der Waals surface area contributed by atoms with E-state index >= 15 is 0 Å². The minimum Gasteiger partial charge on any atom is -0.451 e. The van der Waals surface area contributed by atoms with Gasteiger partial charge in [-0.3, -0.25) is 0 Å². The average molecular weight is 302 g/mol. The van der Waals surface area contributed by atoms with Crippen LogP contribution in [-0.4, -0.2) is 53.8 Å². The van der Waals surface area contributed by atoms with Crippen LogP contribution in [0.3, 0.4) is 0 Å². The molecule has 0 atom stereocenters. The quantitative estimate of drug-likeness (QED) is 0.623. The summed E-state index contributed by atoms with van der Waals surface area (Å²) >= 11 is 2.54. The van der Waals surface area contributed by atoms with Crippen LogP contribution in [0.15, 0.2) is 22.0 Å². The van der Waals surface area contributed by atoms with Gasteiger partial charge in [0, 0.05) is 19.8 Å². The lowest BCUT2D eigenvalue weighted by molar-refractivity contribution is 0.167. The van der Waals surface area contributed by atoms with Crippen LogP contribution in [0.4, 0.5) is 9.59 Å². The lowest BCUT2D eigenvalue weighted by Gasteiger charge is -2.03. The van der Waals surface area contributed by atoms with Gasteiger partial charge in [0.15, 0.2) is 4.34 Å². The maximum absolute atomic E-state index is 11.5. The Morgan fingerprint density at radius 2 is 2.32 bits per heavy atom. The zero-order chi connectivity index (χ0) is 14.4. The number of ether oxygens (including phenoxy) is 1. The molecular weight excluding hydrogens is 288 g/mol. The number of carbonyl (C=O) groups excluding carboxylic acids is 2. The maximum atomic E-state index is 11.5. The van der Waals surface area contributed by atoms with Crippen molar-refractivity contribution >= 4 is 35.2 Å². The first kappa shape index (κ1) is 15.4. The van der Waals surface area contributed by atoms with Crippen LogP contribution in [0.2, 0.25) is 0 Å². The summed E-state index contributed by atoms with van der Waals surface area (Å²) in [5.74, 6) is 0.649. The van der Waals surface area contributed by atoms with Crippen molar-refractivity contribution < 1.29 is 14.3 Å². The number of amides is 2. The molecule has 0 radical (unpaired) electrons. The molecule has 0 aliphatic heterocycles. The minimum absolute atomic E-state index is 0.178. The normalized spacial score (nSPS) is 11.2. The molecule has 9 heteroatoms. The van der Waals surface area contributed by atoms with Gasteiger partial charge in [0.25, 0.3) is 0 Å². The minimum atomic E-state index is -0.688. The van der Waals surface area contributed by atoms with E-state index in [9.17, 15) is 9.59 Å². The first-order valence-corrected chi connectivity index (χ1v) is 6.98. The number of nitrogens with zero attached hydrogens (tertiary/aromatic N) is 4. The van der Waals surface area contributed by atoms with Crippen molar-refractivity contribution in [1.82, 2.24) is 14.7 Å². The molecule has 0 spiro atoms. The second-order valence-electron chi connectivity index (χ2n) is 3.42. The van der Waals surface area contributed by atoms with E-state index in [4.69, 9.17) is 0 Å². The smallest absolute Gasteiger partial charge is 0.437 e. The number of hydrogen-bond acceptors (Lipinski definition) is 6. The molecule has 0 bridgehead atoms. The number of carbonyl (C=O) groups is 2. The molecule has 1 aromatic rings. The van der Waals surface area contributed by atoms with E-state index in [1.165, 1.54) is 23.8 Å². The predicted molar refractivity (Wildman–Crippen MR) is 73.5 cm³/mol. The van der Waals surface area contributed by atoms with Crippen LogP contribution in [0.5, 0.6) is 0 Å². The number of thioether (sulfide) groups is 1. The van der Waals surface area contributed by atoms with E-state index in [1.54, 1.807) is 20.2 Å². The zero-order valence-corrected chi connectivity index (χ0v) is 12.5. The highest BCUT2D eigenvalue weighted by atomic mass is 32.2. The second kappa shape index (κ2) is 7.10. The number of aromatic nitrogens is 2. The maximum Gasteiger partial charge on any atom is 0.437 e. The molecule has 0 aliphatic carbocycles. The second-order valence-corrected chi connectivity index (χ2v) is 5.64. The van der Waals surface area contributed by atoms with Crippen LogP contribution in [-0.2, 0) is 4.74 Å². The van der Waals surface area contributed by atoms with Gasteiger partial charge in [-0.25, -0.2) is 9.59 Å². The lowest BCUT2D eigenvalue weighted by Crippen LogP contribution is -2.28. The molecule has 0 saturated carbocycles. The number of rotatable bonds is 3. The van der Waals surface area contributed by atoms with Crippen molar-refractivity contribution in [2.75, 3.05) is 27.0 Å². The largest absolute Gasteiger partial charge is 0.451 e. The average Bonchev–Trinajstić information content (AvgIpc) is 2.78.